The number of carbonyl (C=O) groups excluding carboxylic acids is 1. The Hall–Kier alpha value is -3.02. The average molecular weight is 293 g/mol. The summed E-state index contributed by atoms with van der Waals surface area (Å²) >= 11 is 0. The van der Waals surface area contributed by atoms with Crippen molar-refractivity contribution >= 4 is 12.2 Å². The molecule has 0 saturated heterocycles. The summed E-state index contributed by atoms with van der Waals surface area (Å²) in [7, 11) is 0. The smallest absolute Gasteiger partial charge is 0.212 e. The minimum Gasteiger partial charge on any atom is -0.313 e. The number of carbonyl (C=O) groups is 1. The molecule has 3 rings (SSSR count). The molecule has 6 nitrogen and oxygen atoms in total. The van der Waals surface area contributed by atoms with Gasteiger partial charge in [0, 0.05) is 23.5 Å². The van der Waals surface area contributed by atoms with Crippen LogP contribution in [0.5, 0.6) is 0 Å². The summed E-state index contributed by atoms with van der Waals surface area (Å²) in [5.74, 6) is 1.34. The molecular weight excluding hydrogens is 278 g/mol. The van der Waals surface area contributed by atoms with Crippen LogP contribution in [0.3, 0.4) is 0 Å². The van der Waals surface area contributed by atoms with Gasteiger partial charge in [-0.2, -0.15) is 5.10 Å². The SMILES string of the molecule is Cc1ncc(-c2nn(-c3ccccc3)c(NC=O)c2C)cn1. The van der Waals surface area contributed by atoms with Crippen molar-refractivity contribution in [2.75, 3.05) is 5.32 Å². The molecule has 22 heavy (non-hydrogen) atoms. The van der Waals surface area contributed by atoms with E-state index in [0.717, 1.165) is 22.5 Å². The monoisotopic (exact) mass is 293 g/mol. The Morgan fingerprint density at radius 2 is 1.77 bits per heavy atom. The highest BCUT2D eigenvalue weighted by atomic mass is 16.1. The van der Waals surface area contributed by atoms with Gasteiger partial charge in [-0.05, 0) is 26.0 Å². The van der Waals surface area contributed by atoms with Crippen molar-refractivity contribution < 1.29 is 4.79 Å². The number of nitrogens with one attached hydrogen (secondary N) is 1. The summed E-state index contributed by atoms with van der Waals surface area (Å²) in [6, 6.07) is 9.63. The number of rotatable bonds is 4. The van der Waals surface area contributed by atoms with Crippen LogP contribution in [-0.4, -0.2) is 26.2 Å². The summed E-state index contributed by atoms with van der Waals surface area (Å²) in [4.78, 5) is 19.3. The fraction of sp³-hybridized carbons (Fsp3) is 0.125. The van der Waals surface area contributed by atoms with E-state index in [-0.39, 0.29) is 0 Å². The number of benzene rings is 1. The zero-order valence-electron chi connectivity index (χ0n) is 12.3. The molecule has 2 aromatic heterocycles. The summed E-state index contributed by atoms with van der Waals surface area (Å²) in [5, 5.41) is 7.34. The van der Waals surface area contributed by atoms with E-state index in [2.05, 4.69) is 20.4 Å². The number of aryl methyl sites for hydroxylation is 1. The summed E-state index contributed by atoms with van der Waals surface area (Å²) in [5.41, 5.74) is 3.29. The molecule has 0 unspecified atom stereocenters. The molecule has 0 radical (unpaired) electrons. The summed E-state index contributed by atoms with van der Waals surface area (Å²) < 4.78 is 1.71. The van der Waals surface area contributed by atoms with Gasteiger partial charge in [0.05, 0.1) is 5.69 Å². The van der Waals surface area contributed by atoms with Crippen LogP contribution < -0.4 is 5.32 Å². The highest BCUT2D eigenvalue weighted by Gasteiger charge is 2.17. The zero-order valence-corrected chi connectivity index (χ0v) is 12.3. The van der Waals surface area contributed by atoms with E-state index in [1.54, 1.807) is 17.1 Å². The molecule has 0 spiro atoms. The third kappa shape index (κ3) is 2.46. The summed E-state index contributed by atoms with van der Waals surface area (Å²) in [6.07, 6.45) is 4.12. The van der Waals surface area contributed by atoms with E-state index in [1.165, 1.54) is 0 Å². The second-order valence-corrected chi connectivity index (χ2v) is 4.85. The molecule has 1 N–H and O–H groups in total. The van der Waals surface area contributed by atoms with Crippen LogP contribution in [0, 0.1) is 13.8 Å². The average Bonchev–Trinajstić information content (AvgIpc) is 2.87. The van der Waals surface area contributed by atoms with Crippen molar-refractivity contribution in [2.24, 2.45) is 0 Å². The Bertz CT molecular complexity index is 793. The Morgan fingerprint density at radius 1 is 1.09 bits per heavy atom. The van der Waals surface area contributed by atoms with Gasteiger partial charge in [0.15, 0.2) is 0 Å². The van der Waals surface area contributed by atoms with Crippen molar-refractivity contribution in [3.05, 3.63) is 54.1 Å². The number of nitrogens with zero attached hydrogens (tertiary/aromatic N) is 4. The first-order valence-electron chi connectivity index (χ1n) is 6.85. The van der Waals surface area contributed by atoms with Gasteiger partial charge in [0.1, 0.15) is 17.3 Å². The molecule has 1 aromatic carbocycles. The molecule has 0 bridgehead atoms. The van der Waals surface area contributed by atoms with Gasteiger partial charge in [-0.15, -0.1) is 0 Å². The zero-order chi connectivity index (χ0) is 15.5. The predicted octanol–water partition coefficient (Wildman–Crippen LogP) is 2.51. The number of anilines is 1. The van der Waals surface area contributed by atoms with Crippen LogP contribution in [0.1, 0.15) is 11.4 Å². The Balaban J connectivity index is 2.17. The third-order valence-corrected chi connectivity index (χ3v) is 3.37. The molecular formula is C16H15N5O. The number of hydrogen-bond donors (Lipinski definition) is 1. The Kier molecular flexibility index (Phi) is 3.65. The maximum Gasteiger partial charge on any atom is 0.212 e. The predicted molar refractivity (Wildman–Crippen MR) is 83.8 cm³/mol. The second-order valence-electron chi connectivity index (χ2n) is 4.85. The molecule has 2 heterocycles. The van der Waals surface area contributed by atoms with Crippen molar-refractivity contribution in [3.8, 4) is 16.9 Å². The topological polar surface area (TPSA) is 72.7 Å². The quantitative estimate of drug-likeness (QED) is 0.750. The Morgan fingerprint density at radius 3 is 2.41 bits per heavy atom. The molecule has 1 amide bonds. The minimum absolute atomic E-state index is 0.636. The summed E-state index contributed by atoms with van der Waals surface area (Å²) in [6.45, 7) is 3.74. The first-order valence-corrected chi connectivity index (χ1v) is 6.85. The molecule has 3 aromatic rings. The molecule has 0 atom stereocenters. The minimum atomic E-state index is 0.636. The lowest BCUT2D eigenvalue weighted by molar-refractivity contribution is -0.105. The van der Waals surface area contributed by atoms with Crippen molar-refractivity contribution in [2.45, 2.75) is 13.8 Å². The van der Waals surface area contributed by atoms with E-state index in [0.29, 0.717) is 18.1 Å². The number of hydrogen-bond acceptors (Lipinski definition) is 4. The van der Waals surface area contributed by atoms with Crippen molar-refractivity contribution in [1.29, 1.82) is 0 Å². The molecule has 0 aliphatic carbocycles. The second kappa shape index (κ2) is 5.77. The fourth-order valence-corrected chi connectivity index (χ4v) is 2.27. The van der Waals surface area contributed by atoms with Crippen molar-refractivity contribution in [1.82, 2.24) is 19.7 Å². The van der Waals surface area contributed by atoms with E-state index in [1.807, 2.05) is 44.2 Å². The fourth-order valence-electron chi connectivity index (χ4n) is 2.27. The molecule has 0 aliphatic heterocycles. The normalized spacial score (nSPS) is 10.5. The lowest BCUT2D eigenvalue weighted by Gasteiger charge is -2.06. The third-order valence-electron chi connectivity index (χ3n) is 3.37. The van der Waals surface area contributed by atoms with Crippen LogP contribution in [-0.2, 0) is 4.79 Å². The van der Waals surface area contributed by atoms with E-state index in [4.69, 9.17) is 0 Å². The van der Waals surface area contributed by atoms with E-state index >= 15 is 0 Å². The van der Waals surface area contributed by atoms with Gasteiger partial charge in [0.25, 0.3) is 0 Å². The molecule has 0 aliphatic rings. The van der Waals surface area contributed by atoms with Crippen LogP contribution >= 0.6 is 0 Å². The highest BCUT2D eigenvalue weighted by molar-refractivity contribution is 5.77. The van der Waals surface area contributed by atoms with Crippen LogP contribution in [0.25, 0.3) is 16.9 Å². The van der Waals surface area contributed by atoms with Crippen molar-refractivity contribution in [3.63, 3.8) is 0 Å². The maximum atomic E-state index is 10.9. The first kappa shape index (κ1) is 13.9. The van der Waals surface area contributed by atoms with Crippen LogP contribution in [0.4, 0.5) is 5.82 Å². The molecule has 0 fully saturated rings. The van der Waals surface area contributed by atoms with Gasteiger partial charge in [-0.1, -0.05) is 18.2 Å². The number of aromatic nitrogens is 4. The number of amides is 1. The lowest BCUT2D eigenvalue weighted by Crippen LogP contribution is -2.05. The number of para-hydroxylation sites is 1. The van der Waals surface area contributed by atoms with Gasteiger partial charge < -0.3 is 5.32 Å². The Labute approximate surface area is 127 Å². The molecule has 110 valence electrons. The first-order chi connectivity index (χ1) is 10.7. The van der Waals surface area contributed by atoms with Gasteiger partial charge in [-0.3, -0.25) is 4.79 Å². The highest BCUT2D eigenvalue weighted by Crippen LogP contribution is 2.29. The van der Waals surface area contributed by atoms with E-state index < -0.39 is 0 Å². The van der Waals surface area contributed by atoms with Gasteiger partial charge >= 0.3 is 0 Å². The van der Waals surface area contributed by atoms with Crippen LogP contribution in [0.15, 0.2) is 42.7 Å². The molecule has 6 heteroatoms. The van der Waals surface area contributed by atoms with Gasteiger partial charge in [0.2, 0.25) is 6.41 Å². The lowest BCUT2D eigenvalue weighted by atomic mass is 10.1. The van der Waals surface area contributed by atoms with E-state index in [9.17, 15) is 4.79 Å². The van der Waals surface area contributed by atoms with Gasteiger partial charge in [-0.25, -0.2) is 14.6 Å². The van der Waals surface area contributed by atoms with Crippen LogP contribution in [0.2, 0.25) is 0 Å². The molecule has 0 saturated carbocycles. The largest absolute Gasteiger partial charge is 0.313 e. The standard InChI is InChI=1S/C16H15N5O/c1-11-15(13-8-17-12(2)18-9-13)20-21(16(11)19-10-22)14-6-4-3-5-7-14/h3-10H,1-2H3,(H,19,22). The maximum absolute atomic E-state index is 10.9.